The van der Waals surface area contributed by atoms with E-state index in [-0.39, 0.29) is 11.4 Å². The Kier molecular flexibility index (Phi) is 2.96. The lowest BCUT2D eigenvalue weighted by molar-refractivity contribution is -0.138. The normalized spacial score (nSPS) is 19.8. The molecule has 1 saturated heterocycles. The van der Waals surface area contributed by atoms with Gasteiger partial charge in [-0.15, -0.1) is 0 Å². The molecule has 0 aliphatic carbocycles. The van der Waals surface area contributed by atoms with Crippen molar-refractivity contribution >= 4 is 5.91 Å². The van der Waals surface area contributed by atoms with E-state index in [1.807, 2.05) is 17.2 Å². The summed E-state index contributed by atoms with van der Waals surface area (Å²) < 4.78 is 1.67. The molecule has 0 spiro atoms. The van der Waals surface area contributed by atoms with Crippen LogP contribution < -0.4 is 5.32 Å². The molecule has 1 aromatic rings. The Morgan fingerprint density at radius 1 is 1.56 bits per heavy atom. The molecule has 16 heavy (non-hydrogen) atoms. The van der Waals surface area contributed by atoms with Crippen molar-refractivity contribution in [3.05, 3.63) is 18.5 Å². The lowest BCUT2D eigenvalue weighted by Crippen LogP contribution is -2.60. The zero-order valence-electron chi connectivity index (χ0n) is 9.81. The summed E-state index contributed by atoms with van der Waals surface area (Å²) in [5.74, 6) is 0.134. The van der Waals surface area contributed by atoms with Crippen molar-refractivity contribution in [2.75, 3.05) is 19.6 Å². The highest BCUT2D eigenvalue weighted by Crippen LogP contribution is 2.16. The summed E-state index contributed by atoms with van der Waals surface area (Å²) in [6, 6.07) is 1.83. The number of carbonyl (C=O) groups excluding carboxylic acids is 1. The van der Waals surface area contributed by atoms with Crippen LogP contribution in [0.4, 0.5) is 0 Å². The van der Waals surface area contributed by atoms with Crippen molar-refractivity contribution in [3.8, 4) is 0 Å². The fraction of sp³-hybridized carbons (Fsp3) is 0.636. The zero-order chi connectivity index (χ0) is 11.6. The molecule has 2 rings (SSSR count). The first-order chi connectivity index (χ1) is 7.59. The number of aromatic nitrogens is 2. The van der Waals surface area contributed by atoms with Gasteiger partial charge in [-0.2, -0.15) is 5.10 Å². The van der Waals surface area contributed by atoms with Crippen molar-refractivity contribution in [2.24, 2.45) is 0 Å². The fourth-order valence-corrected chi connectivity index (χ4v) is 2.06. The molecular weight excluding hydrogens is 204 g/mol. The van der Waals surface area contributed by atoms with Crippen LogP contribution in [0.5, 0.6) is 0 Å². The molecule has 5 nitrogen and oxygen atoms in total. The van der Waals surface area contributed by atoms with E-state index in [0.29, 0.717) is 6.54 Å². The molecule has 1 aliphatic heterocycles. The van der Waals surface area contributed by atoms with Crippen LogP contribution in [-0.4, -0.2) is 45.8 Å². The smallest absolute Gasteiger partial charge is 0.244 e. The van der Waals surface area contributed by atoms with Gasteiger partial charge in [0.05, 0.1) is 0 Å². The molecule has 1 aromatic heterocycles. The number of nitrogens with zero attached hydrogens (tertiary/aromatic N) is 3. The Labute approximate surface area is 95.4 Å². The van der Waals surface area contributed by atoms with E-state index in [1.54, 1.807) is 10.9 Å². The Morgan fingerprint density at radius 2 is 2.38 bits per heavy atom. The number of nitrogens with one attached hydrogen (secondary N) is 1. The van der Waals surface area contributed by atoms with E-state index >= 15 is 0 Å². The van der Waals surface area contributed by atoms with Gasteiger partial charge in [0.1, 0.15) is 6.54 Å². The molecule has 5 heteroatoms. The Morgan fingerprint density at radius 3 is 3.00 bits per heavy atom. The summed E-state index contributed by atoms with van der Waals surface area (Å²) in [6.07, 6.45) is 3.50. The van der Waals surface area contributed by atoms with Gasteiger partial charge in [-0.1, -0.05) is 0 Å². The summed E-state index contributed by atoms with van der Waals surface area (Å²) >= 11 is 0. The summed E-state index contributed by atoms with van der Waals surface area (Å²) in [5.41, 5.74) is -0.109. The molecule has 2 heterocycles. The van der Waals surface area contributed by atoms with Gasteiger partial charge in [0.2, 0.25) is 5.91 Å². The minimum Gasteiger partial charge on any atom is -0.333 e. The maximum Gasteiger partial charge on any atom is 0.244 e. The van der Waals surface area contributed by atoms with Crippen molar-refractivity contribution < 1.29 is 4.79 Å². The van der Waals surface area contributed by atoms with Crippen LogP contribution in [0.25, 0.3) is 0 Å². The highest BCUT2D eigenvalue weighted by Gasteiger charge is 2.32. The number of rotatable bonds is 2. The van der Waals surface area contributed by atoms with Crippen LogP contribution in [0.15, 0.2) is 18.5 Å². The lowest BCUT2D eigenvalue weighted by atomic mass is 10.00. The largest absolute Gasteiger partial charge is 0.333 e. The van der Waals surface area contributed by atoms with Gasteiger partial charge in [-0.3, -0.25) is 9.48 Å². The summed E-state index contributed by atoms with van der Waals surface area (Å²) in [7, 11) is 0. The topological polar surface area (TPSA) is 50.2 Å². The molecular formula is C11H18N4O. The van der Waals surface area contributed by atoms with Crippen LogP contribution in [0.1, 0.15) is 13.8 Å². The van der Waals surface area contributed by atoms with Gasteiger partial charge in [0, 0.05) is 37.6 Å². The van der Waals surface area contributed by atoms with Crippen LogP contribution in [-0.2, 0) is 11.3 Å². The van der Waals surface area contributed by atoms with Crippen LogP contribution in [0.2, 0.25) is 0 Å². The van der Waals surface area contributed by atoms with Crippen molar-refractivity contribution in [3.63, 3.8) is 0 Å². The first-order valence-electron chi connectivity index (χ1n) is 5.58. The van der Waals surface area contributed by atoms with Crippen LogP contribution in [0.3, 0.4) is 0 Å². The third kappa shape index (κ3) is 2.24. The number of amides is 1. The summed E-state index contributed by atoms with van der Waals surface area (Å²) in [6.45, 7) is 6.98. The predicted molar refractivity (Wildman–Crippen MR) is 60.9 cm³/mol. The monoisotopic (exact) mass is 222 g/mol. The molecule has 0 unspecified atom stereocenters. The molecule has 0 radical (unpaired) electrons. The quantitative estimate of drug-likeness (QED) is 0.771. The number of hydrogen-bond acceptors (Lipinski definition) is 3. The minimum atomic E-state index is -0.109. The summed E-state index contributed by atoms with van der Waals surface area (Å²) in [5, 5.41) is 7.35. The van der Waals surface area contributed by atoms with Crippen molar-refractivity contribution in [2.45, 2.75) is 25.9 Å². The van der Waals surface area contributed by atoms with Gasteiger partial charge >= 0.3 is 0 Å². The molecule has 0 saturated carbocycles. The van der Waals surface area contributed by atoms with E-state index in [2.05, 4.69) is 24.3 Å². The molecule has 1 N–H and O–H groups in total. The van der Waals surface area contributed by atoms with Gasteiger partial charge < -0.3 is 10.2 Å². The van der Waals surface area contributed by atoms with Crippen LogP contribution in [0, 0.1) is 0 Å². The second-order valence-electron chi connectivity index (χ2n) is 4.74. The second-order valence-corrected chi connectivity index (χ2v) is 4.74. The lowest BCUT2D eigenvalue weighted by Gasteiger charge is -2.42. The van der Waals surface area contributed by atoms with Gasteiger partial charge in [-0.05, 0) is 19.9 Å². The van der Waals surface area contributed by atoms with Crippen molar-refractivity contribution in [1.82, 2.24) is 20.0 Å². The first-order valence-corrected chi connectivity index (χ1v) is 5.58. The highest BCUT2D eigenvalue weighted by molar-refractivity contribution is 5.76. The molecule has 0 atom stereocenters. The van der Waals surface area contributed by atoms with E-state index in [4.69, 9.17) is 0 Å². The average Bonchev–Trinajstić information content (AvgIpc) is 2.69. The molecule has 1 fully saturated rings. The number of carbonyl (C=O) groups is 1. The predicted octanol–water partition coefficient (Wildman–Crippen LogP) is 0.0935. The third-order valence-electron chi connectivity index (χ3n) is 2.96. The van der Waals surface area contributed by atoms with Gasteiger partial charge in [0.25, 0.3) is 0 Å². The molecule has 88 valence electrons. The van der Waals surface area contributed by atoms with E-state index in [9.17, 15) is 4.79 Å². The number of hydrogen-bond donors (Lipinski definition) is 1. The Balaban J connectivity index is 2.03. The SMILES string of the molecule is CC1(C)CNCCN1C(=O)Cn1cccn1. The highest BCUT2D eigenvalue weighted by atomic mass is 16.2. The van der Waals surface area contributed by atoms with Crippen molar-refractivity contribution in [1.29, 1.82) is 0 Å². The summed E-state index contributed by atoms with van der Waals surface area (Å²) in [4.78, 5) is 14.1. The van der Waals surface area contributed by atoms with E-state index in [0.717, 1.165) is 19.6 Å². The third-order valence-corrected chi connectivity index (χ3v) is 2.96. The Hall–Kier alpha value is -1.36. The molecule has 0 bridgehead atoms. The molecule has 0 aromatic carbocycles. The number of piperazine rings is 1. The zero-order valence-corrected chi connectivity index (χ0v) is 9.81. The average molecular weight is 222 g/mol. The van der Waals surface area contributed by atoms with Gasteiger partial charge in [-0.25, -0.2) is 0 Å². The second kappa shape index (κ2) is 4.25. The van der Waals surface area contributed by atoms with Crippen LogP contribution >= 0.6 is 0 Å². The molecule has 1 amide bonds. The molecule has 1 aliphatic rings. The standard InChI is InChI=1S/C11H18N4O/c1-11(2)9-12-5-7-15(11)10(16)8-14-6-3-4-13-14/h3-4,6,12H,5,7-9H2,1-2H3. The van der Waals surface area contributed by atoms with E-state index in [1.165, 1.54) is 0 Å². The minimum absolute atomic E-state index is 0.109. The first kappa shape index (κ1) is 11.1. The maximum atomic E-state index is 12.1. The maximum absolute atomic E-state index is 12.1. The van der Waals surface area contributed by atoms with Gasteiger partial charge in [0.15, 0.2) is 0 Å². The fourth-order valence-electron chi connectivity index (χ4n) is 2.06. The van der Waals surface area contributed by atoms with E-state index < -0.39 is 0 Å². The Bertz CT molecular complexity index is 358.